The van der Waals surface area contributed by atoms with Gasteiger partial charge in [0, 0.05) is 5.38 Å². The fourth-order valence-corrected chi connectivity index (χ4v) is 2.66. The first-order valence-electron chi connectivity index (χ1n) is 6.61. The molecule has 2 rings (SSSR count). The van der Waals surface area contributed by atoms with Crippen LogP contribution in [0.2, 0.25) is 0 Å². The third-order valence-electron chi connectivity index (χ3n) is 2.95. The summed E-state index contributed by atoms with van der Waals surface area (Å²) < 4.78 is 0. The summed E-state index contributed by atoms with van der Waals surface area (Å²) in [7, 11) is 0. The van der Waals surface area contributed by atoms with Crippen molar-refractivity contribution in [2.45, 2.75) is 26.8 Å². The third-order valence-corrected chi connectivity index (χ3v) is 3.83. The number of hydrogen-bond donors (Lipinski definition) is 2. The first kappa shape index (κ1) is 14.5. The highest BCUT2D eigenvalue weighted by Crippen LogP contribution is 2.22. The molecule has 2 amide bonds. The molecule has 1 unspecified atom stereocenters. The van der Waals surface area contributed by atoms with Gasteiger partial charge in [-0.15, -0.1) is 11.3 Å². The zero-order valence-electron chi connectivity index (χ0n) is 11.9. The second-order valence-corrected chi connectivity index (χ2v) is 5.88. The maximum Gasteiger partial charge on any atom is 0.321 e. The van der Waals surface area contributed by atoms with Gasteiger partial charge in [0.25, 0.3) is 0 Å². The lowest BCUT2D eigenvalue weighted by Crippen LogP contribution is -2.35. The molecule has 0 radical (unpaired) electrons. The van der Waals surface area contributed by atoms with Crippen molar-refractivity contribution in [3.63, 3.8) is 0 Å². The van der Waals surface area contributed by atoms with Crippen molar-refractivity contribution >= 4 is 22.5 Å². The number of thiazole rings is 1. The van der Waals surface area contributed by atoms with Crippen molar-refractivity contribution in [3.05, 3.63) is 47.0 Å². The molecule has 4 nitrogen and oxygen atoms in total. The number of nitrogens with one attached hydrogen (secondary N) is 2. The van der Waals surface area contributed by atoms with Crippen LogP contribution in [0.3, 0.4) is 0 Å². The number of aromatic nitrogens is 1. The zero-order valence-corrected chi connectivity index (χ0v) is 12.7. The van der Waals surface area contributed by atoms with E-state index in [1.54, 1.807) is 0 Å². The second-order valence-electron chi connectivity index (χ2n) is 5.02. The molecule has 5 heteroatoms. The van der Waals surface area contributed by atoms with Crippen LogP contribution in [0.1, 0.15) is 31.1 Å². The van der Waals surface area contributed by atoms with Gasteiger partial charge in [-0.25, -0.2) is 9.78 Å². The molecule has 0 saturated carbocycles. The van der Waals surface area contributed by atoms with Crippen molar-refractivity contribution in [1.82, 2.24) is 10.3 Å². The quantitative estimate of drug-likeness (QED) is 0.894. The molecule has 0 aliphatic carbocycles. The van der Waals surface area contributed by atoms with Crippen LogP contribution in [0, 0.1) is 12.8 Å². The number of anilines is 1. The summed E-state index contributed by atoms with van der Waals surface area (Å²) in [6.07, 6.45) is 0. The van der Waals surface area contributed by atoms with Crippen molar-refractivity contribution in [2.75, 3.05) is 5.32 Å². The Hall–Kier alpha value is -1.88. The smallest absolute Gasteiger partial charge is 0.321 e. The van der Waals surface area contributed by atoms with Crippen LogP contribution in [0.5, 0.6) is 0 Å². The van der Waals surface area contributed by atoms with Gasteiger partial charge in [0.15, 0.2) is 5.13 Å². The molecule has 0 bridgehead atoms. The summed E-state index contributed by atoms with van der Waals surface area (Å²) in [6.45, 7) is 6.08. The van der Waals surface area contributed by atoms with Gasteiger partial charge in [0.2, 0.25) is 0 Å². The molecule has 0 aliphatic heterocycles. The molecule has 2 N–H and O–H groups in total. The highest BCUT2D eigenvalue weighted by atomic mass is 32.1. The van der Waals surface area contributed by atoms with Crippen molar-refractivity contribution < 1.29 is 4.79 Å². The Morgan fingerprint density at radius 2 is 1.95 bits per heavy atom. The number of rotatable bonds is 4. The maximum absolute atomic E-state index is 12.1. The SMILES string of the molecule is Cc1csc(NC(=O)NC(c2ccccc2)C(C)C)n1. The van der Waals surface area contributed by atoms with E-state index in [9.17, 15) is 4.79 Å². The molecule has 106 valence electrons. The maximum atomic E-state index is 12.1. The minimum Gasteiger partial charge on any atom is -0.331 e. The highest BCUT2D eigenvalue weighted by molar-refractivity contribution is 7.13. The molecule has 1 heterocycles. The van der Waals surface area contributed by atoms with Crippen LogP contribution < -0.4 is 10.6 Å². The molecule has 1 aromatic carbocycles. The van der Waals surface area contributed by atoms with Crippen LogP contribution in [0.4, 0.5) is 9.93 Å². The van der Waals surface area contributed by atoms with Gasteiger partial charge < -0.3 is 5.32 Å². The molecule has 0 spiro atoms. The largest absolute Gasteiger partial charge is 0.331 e. The first-order chi connectivity index (χ1) is 9.56. The Kier molecular flexibility index (Phi) is 4.74. The minimum atomic E-state index is -0.220. The average molecular weight is 289 g/mol. The van der Waals surface area contributed by atoms with Crippen molar-refractivity contribution in [2.24, 2.45) is 5.92 Å². The Labute approximate surface area is 123 Å². The summed E-state index contributed by atoms with van der Waals surface area (Å²) >= 11 is 1.43. The van der Waals surface area contributed by atoms with Gasteiger partial charge in [0.1, 0.15) is 0 Å². The van der Waals surface area contributed by atoms with Gasteiger partial charge in [-0.1, -0.05) is 44.2 Å². The summed E-state index contributed by atoms with van der Waals surface area (Å²) in [5.41, 5.74) is 2.02. The molecular weight excluding hydrogens is 270 g/mol. The van der Waals surface area contributed by atoms with Gasteiger partial charge in [0.05, 0.1) is 11.7 Å². The number of urea groups is 1. The van der Waals surface area contributed by atoms with Gasteiger partial charge in [-0.05, 0) is 18.4 Å². The lowest BCUT2D eigenvalue weighted by molar-refractivity contribution is 0.244. The number of aryl methyl sites for hydroxylation is 1. The second kappa shape index (κ2) is 6.52. The van der Waals surface area contributed by atoms with Gasteiger partial charge in [-0.2, -0.15) is 0 Å². The van der Waals surface area contributed by atoms with Crippen LogP contribution in [-0.4, -0.2) is 11.0 Å². The molecule has 0 aliphatic rings. The fourth-order valence-electron chi connectivity index (χ4n) is 1.98. The Morgan fingerprint density at radius 3 is 2.50 bits per heavy atom. The fraction of sp³-hybridized carbons (Fsp3) is 0.333. The molecule has 1 atom stereocenters. The highest BCUT2D eigenvalue weighted by Gasteiger charge is 2.18. The number of nitrogens with zero attached hydrogens (tertiary/aromatic N) is 1. The summed E-state index contributed by atoms with van der Waals surface area (Å²) in [4.78, 5) is 16.3. The standard InChI is InChI=1S/C15H19N3OS/c1-10(2)13(12-7-5-4-6-8-12)17-14(19)18-15-16-11(3)9-20-15/h4-10,13H,1-3H3,(H2,16,17,18,19). The molecule has 0 fully saturated rings. The average Bonchev–Trinajstić information content (AvgIpc) is 2.82. The number of carbonyl (C=O) groups excluding carboxylic acids is 1. The van der Waals surface area contributed by atoms with Crippen LogP contribution in [0.15, 0.2) is 35.7 Å². The van der Waals surface area contributed by atoms with Gasteiger partial charge in [-0.3, -0.25) is 5.32 Å². The van der Waals surface area contributed by atoms with Crippen LogP contribution >= 0.6 is 11.3 Å². The molecule has 2 aromatic rings. The van der Waals surface area contributed by atoms with E-state index in [-0.39, 0.29) is 12.1 Å². The number of carbonyl (C=O) groups is 1. The van der Waals surface area contributed by atoms with Gasteiger partial charge >= 0.3 is 6.03 Å². The molecule has 1 aromatic heterocycles. The summed E-state index contributed by atoms with van der Waals surface area (Å²) in [5.74, 6) is 0.307. The van der Waals surface area contributed by atoms with E-state index < -0.39 is 0 Å². The number of benzene rings is 1. The molecule has 0 saturated heterocycles. The van der Waals surface area contributed by atoms with E-state index in [0.29, 0.717) is 11.0 Å². The third kappa shape index (κ3) is 3.81. The van der Waals surface area contributed by atoms with E-state index in [2.05, 4.69) is 29.5 Å². The summed E-state index contributed by atoms with van der Waals surface area (Å²) in [6, 6.07) is 9.75. The zero-order chi connectivity index (χ0) is 14.5. The summed E-state index contributed by atoms with van der Waals surface area (Å²) in [5, 5.41) is 8.31. The Morgan fingerprint density at radius 1 is 1.25 bits per heavy atom. The monoisotopic (exact) mass is 289 g/mol. The molecule has 20 heavy (non-hydrogen) atoms. The Balaban J connectivity index is 2.03. The van der Waals surface area contributed by atoms with E-state index in [1.807, 2.05) is 42.6 Å². The van der Waals surface area contributed by atoms with Crippen molar-refractivity contribution in [1.29, 1.82) is 0 Å². The van der Waals surface area contributed by atoms with Crippen LogP contribution in [-0.2, 0) is 0 Å². The van der Waals surface area contributed by atoms with E-state index in [1.165, 1.54) is 11.3 Å². The Bertz CT molecular complexity index is 566. The first-order valence-corrected chi connectivity index (χ1v) is 7.49. The normalized spacial score (nSPS) is 12.2. The molecular formula is C15H19N3OS. The minimum absolute atomic E-state index is 0.0164. The topological polar surface area (TPSA) is 54.0 Å². The van der Waals surface area contributed by atoms with Crippen LogP contribution in [0.25, 0.3) is 0 Å². The predicted octanol–water partition coefficient (Wildman–Crippen LogP) is 3.97. The van der Waals surface area contributed by atoms with E-state index in [4.69, 9.17) is 0 Å². The van der Waals surface area contributed by atoms with E-state index >= 15 is 0 Å². The number of hydrogen-bond acceptors (Lipinski definition) is 3. The lowest BCUT2D eigenvalue weighted by atomic mass is 9.96. The lowest BCUT2D eigenvalue weighted by Gasteiger charge is -2.22. The van der Waals surface area contributed by atoms with Crippen molar-refractivity contribution in [3.8, 4) is 0 Å². The predicted molar refractivity (Wildman–Crippen MR) is 83.0 cm³/mol. The number of amides is 2. The van der Waals surface area contributed by atoms with E-state index in [0.717, 1.165) is 11.3 Å².